The van der Waals surface area contributed by atoms with E-state index in [2.05, 4.69) is 30.5 Å². The Balaban J connectivity index is 2.29. The third-order valence-electron chi connectivity index (χ3n) is 1.92. The standard InChI is InChI=1S/C11H17NS2/c1-13-7-2-8-14-11-5-3-10(9-12)4-6-11/h3-6H,2,7-9,12H2,1H3. The third kappa shape index (κ3) is 4.40. The molecule has 1 aromatic carbocycles. The molecule has 0 radical (unpaired) electrons. The van der Waals surface area contributed by atoms with Gasteiger partial charge in [0, 0.05) is 11.4 Å². The molecule has 0 aromatic heterocycles. The van der Waals surface area contributed by atoms with Crippen molar-refractivity contribution >= 4 is 23.5 Å². The van der Waals surface area contributed by atoms with E-state index in [4.69, 9.17) is 5.73 Å². The van der Waals surface area contributed by atoms with Gasteiger partial charge < -0.3 is 5.73 Å². The highest BCUT2D eigenvalue weighted by Gasteiger charge is 1.94. The van der Waals surface area contributed by atoms with Crippen molar-refractivity contribution in [3.05, 3.63) is 29.8 Å². The number of nitrogens with two attached hydrogens (primary N) is 1. The van der Waals surface area contributed by atoms with E-state index in [1.54, 1.807) is 0 Å². The lowest BCUT2D eigenvalue weighted by atomic mass is 10.2. The van der Waals surface area contributed by atoms with Gasteiger partial charge in [0.15, 0.2) is 0 Å². The summed E-state index contributed by atoms with van der Waals surface area (Å²) >= 11 is 3.84. The summed E-state index contributed by atoms with van der Waals surface area (Å²) < 4.78 is 0. The first kappa shape index (κ1) is 12.0. The first-order valence-corrected chi connectivity index (χ1v) is 7.15. The molecule has 1 aromatic rings. The maximum atomic E-state index is 5.53. The van der Waals surface area contributed by atoms with Gasteiger partial charge in [-0.3, -0.25) is 0 Å². The fraction of sp³-hybridized carbons (Fsp3) is 0.455. The Hall–Kier alpha value is -0.120. The second-order valence-corrected chi connectivity index (χ2v) is 5.20. The smallest absolute Gasteiger partial charge is 0.0178 e. The lowest BCUT2D eigenvalue weighted by molar-refractivity contribution is 1.06. The summed E-state index contributed by atoms with van der Waals surface area (Å²) in [5.74, 6) is 2.47. The minimum absolute atomic E-state index is 0.636. The molecule has 0 spiro atoms. The van der Waals surface area contributed by atoms with Gasteiger partial charge in [-0.05, 0) is 41.9 Å². The molecular formula is C11H17NS2. The topological polar surface area (TPSA) is 26.0 Å². The third-order valence-corrected chi connectivity index (χ3v) is 3.72. The van der Waals surface area contributed by atoms with Crippen molar-refractivity contribution in [2.45, 2.75) is 17.9 Å². The Kier molecular flexibility index (Phi) is 6.15. The molecule has 2 N–H and O–H groups in total. The van der Waals surface area contributed by atoms with Crippen LogP contribution in [0.25, 0.3) is 0 Å². The van der Waals surface area contributed by atoms with E-state index in [0.717, 1.165) is 0 Å². The predicted octanol–water partition coefficient (Wildman–Crippen LogP) is 2.99. The highest BCUT2D eigenvalue weighted by molar-refractivity contribution is 7.99. The molecule has 3 heteroatoms. The lowest BCUT2D eigenvalue weighted by Crippen LogP contribution is -1.95. The molecule has 1 nitrogen and oxygen atoms in total. The summed E-state index contributed by atoms with van der Waals surface area (Å²) in [6.45, 7) is 0.636. The lowest BCUT2D eigenvalue weighted by Gasteiger charge is -2.02. The van der Waals surface area contributed by atoms with Crippen LogP contribution in [0.4, 0.5) is 0 Å². The minimum Gasteiger partial charge on any atom is -0.326 e. The molecule has 0 amide bonds. The van der Waals surface area contributed by atoms with E-state index in [9.17, 15) is 0 Å². The molecule has 0 aliphatic heterocycles. The van der Waals surface area contributed by atoms with Gasteiger partial charge in [0.1, 0.15) is 0 Å². The van der Waals surface area contributed by atoms with Crippen LogP contribution in [0.1, 0.15) is 12.0 Å². The molecule has 78 valence electrons. The van der Waals surface area contributed by atoms with Gasteiger partial charge in [-0.1, -0.05) is 12.1 Å². The molecular weight excluding hydrogens is 210 g/mol. The summed E-state index contributed by atoms with van der Waals surface area (Å²) in [7, 11) is 0. The van der Waals surface area contributed by atoms with Crippen molar-refractivity contribution in [1.29, 1.82) is 0 Å². The molecule has 14 heavy (non-hydrogen) atoms. The fourth-order valence-corrected chi connectivity index (χ4v) is 2.58. The summed E-state index contributed by atoms with van der Waals surface area (Å²) in [5.41, 5.74) is 6.74. The van der Waals surface area contributed by atoms with Crippen LogP contribution in [0.5, 0.6) is 0 Å². The van der Waals surface area contributed by atoms with Crippen LogP contribution in [0, 0.1) is 0 Å². The number of thioether (sulfide) groups is 2. The van der Waals surface area contributed by atoms with Crippen molar-refractivity contribution in [3.63, 3.8) is 0 Å². The molecule has 0 bridgehead atoms. The van der Waals surface area contributed by atoms with Crippen LogP contribution in [-0.4, -0.2) is 17.8 Å². The van der Waals surface area contributed by atoms with Gasteiger partial charge in [0.2, 0.25) is 0 Å². The molecule has 0 saturated heterocycles. The van der Waals surface area contributed by atoms with Crippen LogP contribution in [0.15, 0.2) is 29.2 Å². The zero-order chi connectivity index (χ0) is 10.2. The van der Waals surface area contributed by atoms with Gasteiger partial charge >= 0.3 is 0 Å². The SMILES string of the molecule is CSCCCSc1ccc(CN)cc1. The van der Waals surface area contributed by atoms with E-state index < -0.39 is 0 Å². The number of benzene rings is 1. The fourth-order valence-electron chi connectivity index (χ4n) is 1.12. The average Bonchev–Trinajstić information content (AvgIpc) is 2.25. The van der Waals surface area contributed by atoms with E-state index >= 15 is 0 Å². The normalized spacial score (nSPS) is 10.4. The molecule has 0 aliphatic rings. The summed E-state index contributed by atoms with van der Waals surface area (Å²) in [6, 6.07) is 8.53. The highest BCUT2D eigenvalue weighted by atomic mass is 32.2. The van der Waals surface area contributed by atoms with Gasteiger partial charge in [-0.2, -0.15) is 11.8 Å². The molecule has 0 fully saturated rings. The van der Waals surface area contributed by atoms with Crippen molar-refractivity contribution in [3.8, 4) is 0 Å². The van der Waals surface area contributed by atoms with E-state index in [-0.39, 0.29) is 0 Å². The molecule has 0 unspecified atom stereocenters. The van der Waals surface area contributed by atoms with Gasteiger partial charge in [0.25, 0.3) is 0 Å². The molecule has 0 aliphatic carbocycles. The van der Waals surface area contributed by atoms with Crippen molar-refractivity contribution in [2.24, 2.45) is 5.73 Å². The number of hydrogen-bond acceptors (Lipinski definition) is 3. The van der Waals surface area contributed by atoms with E-state index in [0.29, 0.717) is 6.54 Å². The predicted molar refractivity (Wildman–Crippen MR) is 68.1 cm³/mol. The zero-order valence-corrected chi connectivity index (χ0v) is 10.2. The van der Waals surface area contributed by atoms with Crippen LogP contribution in [0.3, 0.4) is 0 Å². The molecule has 0 heterocycles. The molecule has 0 saturated carbocycles. The van der Waals surface area contributed by atoms with Gasteiger partial charge in [-0.25, -0.2) is 0 Å². The van der Waals surface area contributed by atoms with Crippen LogP contribution < -0.4 is 5.73 Å². The van der Waals surface area contributed by atoms with Gasteiger partial charge in [0.05, 0.1) is 0 Å². The van der Waals surface area contributed by atoms with Crippen molar-refractivity contribution < 1.29 is 0 Å². The quantitative estimate of drug-likeness (QED) is 0.597. The van der Waals surface area contributed by atoms with Crippen LogP contribution in [0.2, 0.25) is 0 Å². The highest BCUT2D eigenvalue weighted by Crippen LogP contribution is 2.19. The average molecular weight is 227 g/mol. The largest absolute Gasteiger partial charge is 0.326 e. The molecule has 0 atom stereocenters. The summed E-state index contributed by atoms with van der Waals surface area (Å²) in [6.07, 6.45) is 3.44. The van der Waals surface area contributed by atoms with Crippen LogP contribution in [-0.2, 0) is 6.54 Å². The Morgan fingerprint density at radius 3 is 2.43 bits per heavy atom. The monoisotopic (exact) mass is 227 g/mol. The van der Waals surface area contributed by atoms with Crippen molar-refractivity contribution in [1.82, 2.24) is 0 Å². The Bertz CT molecular complexity index is 246. The Morgan fingerprint density at radius 1 is 1.14 bits per heavy atom. The molecule has 1 rings (SSSR count). The number of hydrogen-bond donors (Lipinski definition) is 1. The van der Waals surface area contributed by atoms with Crippen LogP contribution >= 0.6 is 23.5 Å². The first-order valence-electron chi connectivity index (χ1n) is 4.77. The second kappa shape index (κ2) is 7.21. The minimum atomic E-state index is 0.636. The van der Waals surface area contributed by atoms with E-state index in [1.807, 2.05) is 23.5 Å². The maximum Gasteiger partial charge on any atom is 0.0178 e. The van der Waals surface area contributed by atoms with E-state index in [1.165, 1.54) is 28.4 Å². The van der Waals surface area contributed by atoms with Crippen molar-refractivity contribution in [2.75, 3.05) is 17.8 Å². The Morgan fingerprint density at radius 2 is 1.86 bits per heavy atom. The Labute approximate surface area is 94.8 Å². The summed E-state index contributed by atoms with van der Waals surface area (Å²) in [4.78, 5) is 1.35. The van der Waals surface area contributed by atoms with Gasteiger partial charge in [-0.15, -0.1) is 11.8 Å². The maximum absolute atomic E-state index is 5.53. The summed E-state index contributed by atoms with van der Waals surface area (Å²) in [5, 5.41) is 0. The second-order valence-electron chi connectivity index (χ2n) is 3.04. The zero-order valence-electron chi connectivity index (χ0n) is 8.53. The number of rotatable bonds is 6. The first-order chi connectivity index (χ1) is 6.86.